The molecule has 0 aliphatic carbocycles. The first kappa shape index (κ1) is 10.8. The van der Waals surface area contributed by atoms with E-state index in [-0.39, 0.29) is 11.8 Å². The molecule has 3 heteroatoms. The molecule has 1 heterocycles. The summed E-state index contributed by atoms with van der Waals surface area (Å²) in [5.74, 6) is -0.103. The first-order valence-corrected chi connectivity index (χ1v) is 6.49. The van der Waals surface area contributed by atoms with Crippen molar-refractivity contribution in [1.29, 1.82) is 0 Å². The lowest BCUT2D eigenvalue weighted by Crippen LogP contribution is -2.12. The van der Waals surface area contributed by atoms with E-state index >= 15 is 0 Å². The third kappa shape index (κ3) is 1.84. The zero-order chi connectivity index (χ0) is 11.8. The van der Waals surface area contributed by atoms with Gasteiger partial charge in [0.2, 0.25) is 5.91 Å². The van der Waals surface area contributed by atoms with Gasteiger partial charge in [0.05, 0.1) is 5.92 Å². The number of hydrogen-bond acceptors (Lipinski definition) is 1. The van der Waals surface area contributed by atoms with Crippen molar-refractivity contribution in [1.82, 2.24) is 0 Å². The van der Waals surface area contributed by atoms with E-state index in [4.69, 9.17) is 0 Å². The monoisotopic (exact) mass is 335 g/mol. The van der Waals surface area contributed by atoms with E-state index in [1.54, 1.807) is 0 Å². The minimum atomic E-state index is -0.166. The van der Waals surface area contributed by atoms with Gasteiger partial charge in [-0.25, -0.2) is 0 Å². The van der Waals surface area contributed by atoms with Crippen molar-refractivity contribution in [2.24, 2.45) is 0 Å². The Labute approximate surface area is 113 Å². The number of rotatable bonds is 1. The molecule has 0 aromatic heterocycles. The van der Waals surface area contributed by atoms with Crippen molar-refractivity contribution >= 4 is 34.2 Å². The lowest BCUT2D eigenvalue weighted by molar-refractivity contribution is -0.116. The van der Waals surface area contributed by atoms with E-state index in [1.807, 2.05) is 42.5 Å². The average molecular weight is 335 g/mol. The van der Waals surface area contributed by atoms with Crippen molar-refractivity contribution < 1.29 is 4.79 Å². The van der Waals surface area contributed by atoms with Crippen LogP contribution < -0.4 is 5.32 Å². The highest BCUT2D eigenvalue weighted by molar-refractivity contribution is 14.1. The SMILES string of the molecule is O=C1Nc2ccc(I)cc2C1c1ccccc1. The first-order valence-electron chi connectivity index (χ1n) is 5.41. The molecule has 0 radical (unpaired) electrons. The van der Waals surface area contributed by atoms with Gasteiger partial charge in [-0.1, -0.05) is 30.3 Å². The summed E-state index contributed by atoms with van der Waals surface area (Å²) < 4.78 is 1.15. The number of nitrogens with one attached hydrogen (secondary N) is 1. The summed E-state index contributed by atoms with van der Waals surface area (Å²) in [6.07, 6.45) is 0. The summed E-state index contributed by atoms with van der Waals surface area (Å²) in [6, 6.07) is 15.9. The molecule has 84 valence electrons. The van der Waals surface area contributed by atoms with Gasteiger partial charge >= 0.3 is 0 Å². The molecular formula is C14H10INO. The fourth-order valence-electron chi connectivity index (χ4n) is 2.21. The lowest BCUT2D eigenvalue weighted by atomic mass is 9.93. The summed E-state index contributed by atoms with van der Waals surface area (Å²) >= 11 is 2.27. The quantitative estimate of drug-likeness (QED) is 0.796. The number of benzene rings is 2. The Hall–Kier alpha value is -1.36. The van der Waals surface area contributed by atoms with E-state index in [0.717, 1.165) is 20.4 Å². The molecule has 1 aliphatic heterocycles. The van der Waals surface area contributed by atoms with Crippen LogP contribution in [0.15, 0.2) is 48.5 Å². The number of amides is 1. The molecule has 0 saturated carbocycles. The van der Waals surface area contributed by atoms with Gasteiger partial charge in [0.1, 0.15) is 0 Å². The van der Waals surface area contributed by atoms with Crippen molar-refractivity contribution in [2.75, 3.05) is 5.32 Å². The van der Waals surface area contributed by atoms with Crippen LogP contribution in [0.4, 0.5) is 5.69 Å². The fourth-order valence-corrected chi connectivity index (χ4v) is 2.72. The van der Waals surface area contributed by atoms with Crippen LogP contribution in [-0.2, 0) is 4.79 Å². The molecular weight excluding hydrogens is 325 g/mol. The summed E-state index contributed by atoms with van der Waals surface area (Å²) in [5.41, 5.74) is 3.06. The Kier molecular flexibility index (Phi) is 2.63. The van der Waals surface area contributed by atoms with Gasteiger partial charge in [-0.2, -0.15) is 0 Å². The molecule has 1 unspecified atom stereocenters. The molecule has 2 nitrogen and oxygen atoms in total. The standard InChI is InChI=1S/C14H10INO/c15-10-6-7-12-11(8-10)13(14(17)16-12)9-4-2-1-3-5-9/h1-8,13H,(H,16,17). The highest BCUT2D eigenvalue weighted by atomic mass is 127. The van der Waals surface area contributed by atoms with Crippen molar-refractivity contribution in [2.45, 2.75) is 5.92 Å². The molecule has 1 N–H and O–H groups in total. The summed E-state index contributed by atoms with van der Waals surface area (Å²) in [5, 5.41) is 2.93. The van der Waals surface area contributed by atoms with Gasteiger partial charge in [-0.05, 0) is 51.9 Å². The number of anilines is 1. The number of carbonyl (C=O) groups excluding carboxylic acids is 1. The van der Waals surface area contributed by atoms with E-state index in [9.17, 15) is 4.79 Å². The molecule has 3 rings (SSSR count). The molecule has 0 fully saturated rings. The molecule has 1 amide bonds. The molecule has 0 bridgehead atoms. The molecule has 2 aromatic carbocycles. The fraction of sp³-hybridized carbons (Fsp3) is 0.0714. The Morgan fingerprint density at radius 3 is 2.59 bits per heavy atom. The second-order valence-corrected chi connectivity index (χ2v) is 5.31. The van der Waals surface area contributed by atoms with E-state index in [1.165, 1.54) is 0 Å². The Balaban J connectivity index is 2.14. The molecule has 17 heavy (non-hydrogen) atoms. The van der Waals surface area contributed by atoms with Crippen molar-refractivity contribution in [3.8, 4) is 0 Å². The molecule has 2 aromatic rings. The topological polar surface area (TPSA) is 29.1 Å². The van der Waals surface area contributed by atoms with Crippen LogP contribution in [0, 0.1) is 3.57 Å². The number of halogens is 1. The van der Waals surface area contributed by atoms with Crippen LogP contribution in [0.1, 0.15) is 17.0 Å². The largest absolute Gasteiger partial charge is 0.325 e. The second-order valence-electron chi connectivity index (χ2n) is 4.06. The predicted octanol–water partition coefficient (Wildman–Crippen LogP) is 3.38. The normalized spacial score (nSPS) is 17.7. The molecule has 0 saturated heterocycles. The first-order chi connectivity index (χ1) is 8.25. The molecule has 0 spiro atoms. The maximum absolute atomic E-state index is 12.0. The van der Waals surface area contributed by atoms with E-state index in [2.05, 4.69) is 34.0 Å². The Morgan fingerprint density at radius 1 is 1.06 bits per heavy atom. The van der Waals surface area contributed by atoms with E-state index in [0.29, 0.717) is 0 Å². The minimum absolute atomic E-state index is 0.0631. The van der Waals surface area contributed by atoms with Crippen LogP contribution in [0.25, 0.3) is 0 Å². The predicted molar refractivity (Wildman–Crippen MR) is 76.1 cm³/mol. The van der Waals surface area contributed by atoms with Crippen LogP contribution in [0.3, 0.4) is 0 Å². The Morgan fingerprint density at radius 2 is 1.82 bits per heavy atom. The highest BCUT2D eigenvalue weighted by Crippen LogP contribution is 2.37. The summed E-state index contributed by atoms with van der Waals surface area (Å²) in [6.45, 7) is 0. The average Bonchev–Trinajstić information content (AvgIpc) is 2.65. The maximum Gasteiger partial charge on any atom is 0.236 e. The third-order valence-electron chi connectivity index (χ3n) is 2.98. The van der Waals surface area contributed by atoms with Gasteiger partial charge < -0.3 is 5.32 Å². The zero-order valence-corrected chi connectivity index (χ0v) is 11.1. The van der Waals surface area contributed by atoms with E-state index < -0.39 is 0 Å². The molecule has 1 atom stereocenters. The number of hydrogen-bond donors (Lipinski definition) is 1. The van der Waals surface area contributed by atoms with Crippen LogP contribution in [0.2, 0.25) is 0 Å². The van der Waals surface area contributed by atoms with Gasteiger partial charge in [-0.3, -0.25) is 4.79 Å². The summed E-state index contributed by atoms with van der Waals surface area (Å²) in [7, 11) is 0. The smallest absolute Gasteiger partial charge is 0.236 e. The number of fused-ring (bicyclic) bond motifs is 1. The zero-order valence-electron chi connectivity index (χ0n) is 8.98. The van der Waals surface area contributed by atoms with Crippen molar-refractivity contribution in [3.63, 3.8) is 0 Å². The van der Waals surface area contributed by atoms with Crippen molar-refractivity contribution in [3.05, 3.63) is 63.2 Å². The van der Waals surface area contributed by atoms with Gasteiger partial charge in [0, 0.05) is 9.26 Å². The highest BCUT2D eigenvalue weighted by Gasteiger charge is 2.31. The maximum atomic E-state index is 12.0. The van der Waals surface area contributed by atoms with Gasteiger partial charge in [0.25, 0.3) is 0 Å². The van der Waals surface area contributed by atoms with Crippen LogP contribution >= 0.6 is 22.6 Å². The Bertz CT molecular complexity index is 580. The third-order valence-corrected chi connectivity index (χ3v) is 3.65. The summed E-state index contributed by atoms with van der Waals surface area (Å²) in [4.78, 5) is 12.0. The second kappa shape index (κ2) is 4.14. The molecule has 1 aliphatic rings. The van der Waals surface area contributed by atoms with Gasteiger partial charge in [0.15, 0.2) is 0 Å². The number of carbonyl (C=O) groups is 1. The minimum Gasteiger partial charge on any atom is -0.325 e. The lowest BCUT2D eigenvalue weighted by Gasteiger charge is -2.09. The van der Waals surface area contributed by atoms with Crippen LogP contribution in [-0.4, -0.2) is 5.91 Å². The van der Waals surface area contributed by atoms with Gasteiger partial charge in [-0.15, -0.1) is 0 Å². The van der Waals surface area contributed by atoms with Crippen LogP contribution in [0.5, 0.6) is 0 Å².